The van der Waals surface area contributed by atoms with Crippen LogP contribution in [0.5, 0.6) is 5.75 Å². The molecule has 0 radical (unpaired) electrons. The van der Waals surface area contributed by atoms with Crippen molar-refractivity contribution in [1.82, 2.24) is 9.79 Å². The van der Waals surface area contributed by atoms with Crippen molar-refractivity contribution in [1.29, 1.82) is 0 Å². The van der Waals surface area contributed by atoms with E-state index in [4.69, 9.17) is 9.57 Å². The first kappa shape index (κ1) is 27.4. The van der Waals surface area contributed by atoms with E-state index >= 15 is 0 Å². The molecule has 0 bridgehead atoms. The number of ether oxygens (including phenoxy) is 1. The van der Waals surface area contributed by atoms with Crippen LogP contribution in [0.25, 0.3) is 0 Å². The third-order valence-electron chi connectivity index (χ3n) is 4.48. The van der Waals surface area contributed by atoms with Crippen LogP contribution in [0.1, 0.15) is 32.8 Å². The molecule has 0 aromatic heterocycles. The first-order chi connectivity index (χ1) is 15.9. The van der Waals surface area contributed by atoms with Gasteiger partial charge in [-0.2, -0.15) is 4.31 Å². The summed E-state index contributed by atoms with van der Waals surface area (Å²) >= 11 is 0. The van der Waals surface area contributed by atoms with Crippen molar-refractivity contribution < 1.29 is 31.6 Å². The normalized spacial score (nSPS) is 12.9. The Bertz CT molecular complexity index is 1060. The summed E-state index contributed by atoms with van der Waals surface area (Å²) in [4.78, 5) is 18.2. The first-order valence-corrected chi connectivity index (χ1v) is 12.0. The van der Waals surface area contributed by atoms with Gasteiger partial charge in [0.05, 0.1) is 16.3 Å². The second-order valence-electron chi connectivity index (χ2n) is 8.46. The number of rotatable bonds is 12. The molecule has 0 aliphatic carbocycles. The standard InChI is InChI=1S/C24H30F2N2O5S/c1-18(26)16-22(23(29)27-33-24(2,3)4)28(17-19-8-6-5-7-9-19)34(30,31)21-12-10-20(11-13-21)32-15-14-25/h5-13,22H,1,14-17H2,2-4H3,(H,27,29)/t22-/m1/s1. The highest BCUT2D eigenvalue weighted by Gasteiger charge is 2.37. The monoisotopic (exact) mass is 496 g/mol. The van der Waals surface area contributed by atoms with E-state index in [-0.39, 0.29) is 23.8 Å². The van der Waals surface area contributed by atoms with Crippen LogP contribution in [0.2, 0.25) is 0 Å². The number of halogens is 2. The van der Waals surface area contributed by atoms with E-state index in [0.717, 1.165) is 4.31 Å². The third-order valence-corrected chi connectivity index (χ3v) is 6.35. The summed E-state index contributed by atoms with van der Waals surface area (Å²) < 4.78 is 59.7. The molecule has 34 heavy (non-hydrogen) atoms. The molecule has 2 rings (SSSR count). The van der Waals surface area contributed by atoms with Crippen LogP contribution < -0.4 is 10.2 Å². The van der Waals surface area contributed by atoms with E-state index in [1.54, 1.807) is 51.1 Å². The van der Waals surface area contributed by atoms with Crippen molar-refractivity contribution in [3.05, 3.63) is 72.6 Å². The third kappa shape index (κ3) is 8.19. The van der Waals surface area contributed by atoms with Crippen LogP contribution in [0.4, 0.5) is 8.78 Å². The van der Waals surface area contributed by atoms with Gasteiger partial charge in [0, 0.05) is 13.0 Å². The van der Waals surface area contributed by atoms with Crippen molar-refractivity contribution in [2.24, 2.45) is 0 Å². The summed E-state index contributed by atoms with van der Waals surface area (Å²) in [5.74, 6) is -1.41. The first-order valence-electron chi connectivity index (χ1n) is 10.6. The molecule has 1 amide bonds. The number of alkyl halides is 1. The smallest absolute Gasteiger partial charge is 0.262 e. The van der Waals surface area contributed by atoms with Gasteiger partial charge in [0.15, 0.2) is 0 Å². The molecule has 10 heteroatoms. The van der Waals surface area contributed by atoms with Crippen molar-refractivity contribution >= 4 is 15.9 Å². The summed E-state index contributed by atoms with van der Waals surface area (Å²) in [7, 11) is -4.30. The van der Waals surface area contributed by atoms with Crippen LogP contribution in [0, 0.1) is 0 Å². The molecule has 1 N–H and O–H groups in total. The van der Waals surface area contributed by atoms with Gasteiger partial charge in [0.25, 0.3) is 5.91 Å². The van der Waals surface area contributed by atoms with Crippen LogP contribution >= 0.6 is 0 Å². The fourth-order valence-electron chi connectivity index (χ4n) is 2.93. The Hall–Kier alpha value is -2.82. The zero-order chi connectivity index (χ0) is 25.4. The van der Waals surface area contributed by atoms with Gasteiger partial charge in [-0.25, -0.2) is 22.7 Å². The molecule has 7 nitrogen and oxygen atoms in total. The van der Waals surface area contributed by atoms with Gasteiger partial charge >= 0.3 is 0 Å². The predicted molar refractivity (Wildman–Crippen MR) is 125 cm³/mol. The van der Waals surface area contributed by atoms with Gasteiger partial charge in [-0.1, -0.05) is 36.9 Å². The number of hydrogen-bond donors (Lipinski definition) is 1. The molecule has 0 saturated carbocycles. The molecule has 0 heterocycles. The van der Waals surface area contributed by atoms with Crippen molar-refractivity contribution in [2.45, 2.75) is 50.3 Å². The molecule has 0 aliphatic rings. The maximum Gasteiger partial charge on any atom is 0.262 e. The quantitative estimate of drug-likeness (QED) is 0.443. The largest absolute Gasteiger partial charge is 0.491 e. The minimum atomic E-state index is -4.30. The molecule has 0 fully saturated rings. The van der Waals surface area contributed by atoms with Gasteiger partial charge in [-0.3, -0.25) is 9.63 Å². The molecule has 0 saturated heterocycles. The lowest BCUT2D eigenvalue weighted by molar-refractivity contribution is -0.149. The second-order valence-corrected chi connectivity index (χ2v) is 10.4. The fourth-order valence-corrected chi connectivity index (χ4v) is 4.51. The Morgan fingerprint density at radius 1 is 1.12 bits per heavy atom. The topological polar surface area (TPSA) is 84.9 Å². The van der Waals surface area contributed by atoms with Gasteiger partial charge in [0.2, 0.25) is 10.0 Å². The number of hydroxylamine groups is 1. The van der Waals surface area contributed by atoms with Gasteiger partial charge in [-0.05, 0) is 50.6 Å². The van der Waals surface area contributed by atoms with E-state index in [0.29, 0.717) is 5.56 Å². The van der Waals surface area contributed by atoms with Crippen molar-refractivity contribution in [3.8, 4) is 5.75 Å². The van der Waals surface area contributed by atoms with E-state index in [9.17, 15) is 22.0 Å². The molecule has 0 unspecified atom stereocenters. The summed E-state index contributed by atoms with van der Waals surface area (Å²) in [6.45, 7) is 7.24. The van der Waals surface area contributed by atoms with E-state index < -0.39 is 46.5 Å². The maximum atomic E-state index is 14.0. The predicted octanol–water partition coefficient (Wildman–Crippen LogP) is 4.31. The molecule has 186 valence electrons. The minimum absolute atomic E-state index is 0.143. The van der Waals surface area contributed by atoms with Gasteiger partial charge in [-0.15, -0.1) is 0 Å². The Morgan fingerprint density at radius 2 is 1.74 bits per heavy atom. The maximum absolute atomic E-state index is 14.0. The van der Waals surface area contributed by atoms with Crippen LogP contribution in [0.15, 0.2) is 71.9 Å². The number of benzene rings is 2. The van der Waals surface area contributed by atoms with Gasteiger partial charge < -0.3 is 4.74 Å². The molecule has 0 spiro atoms. The number of amides is 1. The van der Waals surface area contributed by atoms with Crippen molar-refractivity contribution in [3.63, 3.8) is 0 Å². The van der Waals surface area contributed by atoms with Crippen molar-refractivity contribution in [2.75, 3.05) is 13.3 Å². The fraction of sp³-hybridized carbons (Fsp3) is 0.375. The molecule has 2 aromatic carbocycles. The molecule has 1 atom stereocenters. The van der Waals surface area contributed by atoms with E-state index in [2.05, 4.69) is 12.1 Å². The zero-order valence-corrected chi connectivity index (χ0v) is 20.3. The molecule has 0 aliphatic heterocycles. The average Bonchev–Trinajstić information content (AvgIpc) is 2.78. The van der Waals surface area contributed by atoms with E-state index in [1.165, 1.54) is 24.3 Å². The minimum Gasteiger partial charge on any atom is -0.491 e. The average molecular weight is 497 g/mol. The molecular weight excluding hydrogens is 466 g/mol. The van der Waals surface area contributed by atoms with Crippen LogP contribution in [-0.4, -0.2) is 43.6 Å². The highest BCUT2D eigenvalue weighted by molar-refractivity contribution is 7.89. The number of nitrogens with zero attached hydrogens (tertiary/aromatic N) is 1. The summed E-state index contributed by atoms with van der Waals surface area (Å²) in [6.07, 6.45) is -0.566. The Labute approximate surface area is 199 Å². The summed E-state index contributed by atoms with van der Waals surface area (Å²) in [5, 5.41) is 0. The van der Waals surface area contributed by atoms with Crippen LogP contribution in [-0.2, 0) is 26.2 Å². The Morgan fingerprint density at radius 3 is 2.26 bits per heavy atom. The summed E-state index contributed by atoms with van der Waals surface area (Å²) in [5.41, 5.74) is 2.07. The lowest BCUT2D eigenvalue weighted by atomic mass is 10.1. The number of sulfonamides is 1. The Balaban J connectivity index is 2.48. The Kier molecular flexibility index (Phi) is 9.72. The van der Waals surface area contributed by atoms with Crippen LogP contribution in [0.3, 0.4) is 0 Å². The zero-order valence-electron chi connectivity index (χ0n) is 19.5. The van der Waals surface area contributed by atoms with Gasteiger partial charge in [0.1, 0.15) is 25.1 Å². The van der Waals surface area contributed by atoms with E-state index in [1.807, 2.05) is 0 Å². The highest BCUT2D eigenvalue weighted by Crippen LogP contribution is 2.26. The number of hydrogen-bond acceptors (Lipinski definition) is 5. The molecular formula is C24H30F2N2O5S. The lowest BCUT2D eigenvalue weighted by Crippen LogP contribution is -2.50. The number of nitrogens with one attached hydrogen (secondary N) is 1. The highest BCUT2D eigenvalue weighted by atomic mass is 32.2. The molecule has 2 aromatic rings. The SMILES string of the molecule is C=C(F)C[C@H](C(=O)NOC(C)(C)C)N(Cc1ccccc1)S(=O)(=O)c1ccc(OCCF)cc1. The number of carbonyl (C=O) groups excluding carboxylic acids is 1. The summed E-state index contributed by atoms with van der Waals surface area (Å²) in [6, 6.07) is 12.5. The number of carbonyl (C=O) groups is 1. The second kappa shape index (κ2) is 12.0. The lowest BCUT2D eigenvalue weighted by Gasteiger charge is -2.31.